The van der Waals surface area contributed by atoms with E-state index in [0.29, 0.717) is 5.75 Å². The molecule has 0 radical (unpaired) electrons. The average molecular weight is 257 g/mol. The van der Waals surface area contributed by atoms with E-state index in [-0.39, 0.29) is 18.4 Å². The van der Waals surface area contributed by atoms with Crippen molar-refractivity contribution in [3.63, 3.8) is 0 Å². The number of hydrogen-bond acceptors (Lipinski definition) is 4. The van der Waals surface area contributed by atoms with Crippen molar-refractivity contribution in [2.45, 2.75) is 19.4 Å². The Hall–Kier alpha value is -1.07. The largest absolute Gasteiger partial charge is 0.493 e. The molecule has 1 atom stereocenters. The van der Waals surface area contributed by atoms with Gasteiger partial charge in [0.1, 0.15) is 12.4 Å². The summed E-state index contributed by atoms with van der Waals surface area (Å²) in [4.78, 5) is 0. The molecule has 0 spiro atoms. The first kappa shape index (κ1) is 14.0. The van der Waals surface area contributed by atoms with Crippen LogP contribution in [0.25, 0.3) is 0 Å². The standard InChI is InChI=1S/C12H19NO3S/c1-10(13)9-11-3-5-12(6-4-11)16-7-8-17(2,14)15/h3-6,10H,7-9,13H2,1-2H3. The van der Waals surface area contributed by atoms with Crippen LogP contribution in [0, 0.1) is 0 Å². The van der Waals surface area contributed by atoms with Crippen molar-refractivity contribution in [2.24, 2.45) is 5.73 Å². The topological polar surface area (TPSA) is 69.4 Å². The van der Waals surface area contributed by atoms with Crippen molar-refractivity contribution in [1.82, 2.24) is 0 Å². The Labute approximate surface area is 103 Å². The van der Waals surface area contributed by atoms with Crippen LogP contribution >= 0.6 is 0 Å². The number of hydrogen-bond donors (Lipinski definition) is 1. The molecule has 0 amide bonds. The number of rotatable bonds is 6. The molecule has 1 unspecified atom stereocenters. The molecule has 0 saturated carbocycles. The second-order valence-corrected chi connectivity index (χ2v) is 6.56. The van der Waals surface area contributed by atoms with Gasteiger partial charge in [-0.2, -0.15) is 0 Å². The molecule has 4 nitrogen and oxygen atoms in total. The van der Waals surface area contributed by atoms with Crippen molar-refractivity contribution in [3.05, 3.63) is 29.8 Å². The van der Waals surface area contributed by atoms with E-state index in [4.69, 9.17) is 10.5 Å². The van der Waals surface area contributed by atoms with Crippen LogP contribution in [0.5, 0.6) is 5.75 Å². The van der Waals surface area contributed by atoms with Crippen LogP contribution in [0.3, 0.4) is 0 Å². The average Bonchev–Trinajstić information content (AvgIpc) is 2.18. The highest BCUT2D eigenvalue weighted by molar-refractivity contribution is 7.90. The first-order valence-corrected chi connectivity index (χ1v) is 7.58. The lowest BCUT2D eigenvalue weighted by atomic mass is 10.1. The van der Waals surface area contributed by atoms with Gasteiger partial charge >= 0.3 is 0 Å². The fourth-order valence-electron chi connectivity index (χ4n) is 1.40. The minimum Gasteiger partial charge on any atom is -0.493 e. The molecular weight excluding hydrogens is 238 g/mol. The van der Waals surface area contributed by atoms with Crippen LogP contribution in [0.4, 0.5) is 0 Å². The van der Waals surface area contributed by atoms with Gasteiger partial charge in [-0.25, -0.2) is 8.42 Å². The van der Waals surface area contributed by atoms with Crippen molar-refractivity contribution >= 4 is 9.84 Å². The van der Waals surface area contributed by atoms with Gasteiger partial charge in [-0.1, -0.05) is 12.1 Å². The van der Waals surface area contributed by atoms with Gasteiger partial charge in [0, 0.05) is 12.3 Å². The molecule has 0 aliphatic rings. The van der Waals surface area contributed by atoms with E-state index >= 15 is 0 Å². The third kappa shape index (κ3) is 6.28. The molecule has 17 heavy (non-hydrogen) atoms. The molecule has 2 N–H and O–H groups in total. The summed E-state index contributed by atoms with van der Waals surface area (Å²) in [5.74, 6) is 0.719. The Balaban J connectivity index is 2.46. The first-order chi connectivity index (χ1) is 7.87. The Morgan fingerprint density at radius 2 is 1.88 bits per heavy atom. The van der Waals surface area contributed by atoms with Crippen LogP contribution in [-0.4, -0.2) is 33.1 Å². The highest BCUT2D eigenvalue weighted by Crippen LogP contribution is 2.13. The van der Waals surface area contributed by atoms with E-state index in [2.05, 4.69) is 0 Å². The minimum absolute atomic E-state index is 0.0363. The monoisotopic (exact) mass is 257 g/mol. The summed E-state index contributed by atoms with van der Waals surface area (Å²) in [6, 6.07) is 7.69. The third-order valence-electron chi connectivity index (χ3n) is 2.20. The van der Waals surface area contributed by atoms with Gasteiger partial charge < -0.3 is 10.5 Å². The molecule has 1 aromatic rings. The van der Waals surface area contributed by atoms with E-state index in [1.54, 1.807) is 0 Å². The maximum atomic E-state index is 10.9. The fraction of sp³-hybridized carbons (Fsp3) is 0.500. The maximum absolute atomic E-state index is 10.9. The summed E-state index contributed by atoms with van der Waals surface area (Å²) in [6.45, 7) is 2.14. The van der Waals surface area contributed by atoms with Crippen LogP contribution in [0.1, 0.15) is 12.5 Å². The lowest BCUT2D eigenvalue weighted by Gasteiger charge is -2.08. The quantitative estimate of drug-likeness (QED) is 0.825. The van der Waals surface area contributed by atoms with E-state index in [9.17, 15) is 8.42 Å². The smallest absolute Gasteiger partial charge is 0.150 e. The molecule has 0 aromatic heterocycles. The molecule has 0 fully saturated rings. The molecule has 96 valence electrons. The van der Waals surface area contributed by atoms with Crippen molar-refractivity contribution in [2.75, 3.05) is 18.6 Å². The fourth-order valence-corrected chi connectivity index (χ4v) is 1.79. The molecule has 1 aromatic carbocycles. The summed E-state index contributed by atoms with van der Waals surface area (Å²) in [6.07, 6.45) is 2.02. The van der Waals surface area contributed by atoms with E-state index in [1.165, 1.54) is 6.26 Å². The van der Waals surface area contributed by atoms with Crippen LogP contribution in [0.15, 0.2) is 24.3 Å². The summed E-state index contributed by atoms with van der Waals surface area (Å²) < 4.78 is 27.1. The lowest BCUT2D eigenvalue weighted by molar-refractivity contribution is 0.341. The predicted octanol–water partition coefficient (Wildman–Crippen LogP) is 1.000. The zero-order valence-corrected chi connectivity index (χ0v) is 11.0. The minimum atomic E-state index is -2.96. The highest BCUT2D eigenvalue weighted by Gasteiger charge is 2.03. The highest BCUT2D eigenvalue weighted by atomic mass is 32.2. The predicted molar refractivity (Wildman–Crippen MR) is 69.0 cm³/mol. The van der Waals surface area contributed by atoms with Gasteiger partial charge in [-0.3, -0.25) is 0 Å². The Bertz CT molecular complexity index is 437. The van der Waals surface area contributed by atoms with Crippen molar-refractivity contribution < 1.29 is 13.2 Å². The van der Waals surface area contributed by atoms with Gasteiger partial charge in [0.25, 0.3) is 0 Å². The van der Waals surface area contributed by atoms with Crippen LogP contribution in [0.2, 0.25) is 0 Å². The Morgan fingerprint density at radius 1 is 1.29 bits per heavy atom. The first-order valence-electron chi connectivity index (χ1n) is 5.52. The van der Waals surface area contributed by atoms with E-state index in [0.717, 1.165) is 12.0 Å². The summed E-state index contributed by atoms with van der Waals surface area (Å²) in [5, 5.41) is 0. The SMILES string of the molecule is CC(N)Cc1ccc(OCCS(C)(=O)=O)cc1. The number of ether oxygens (including phenoxy) is 1. The number of benzene rings is 1. The second-order valence-electron chi connectivity index (χ2n) is 4.30. The lowest BCUT2D eigenvalue weighted by Crippen LogP contribution is -2.17. The van der Waals surface area contributed by atoms with Crippen molar-refractivity contribution in [1.29, 1.82) is 0 Å². The summed E-state index contributed by atoms with van der Waals surface area (Å²) in [7, 11) is -2.96. The Kier molecular flexibility index (Phi) is 4.96. The maximum Gasteiger partial charge on any atom is 0.150 e. The van der Waals surface area contributed by atoms with Gasteiger partial charge in [0.05, 0.1) is 5.75 Å². The molecule has 0 saturated heterocycles. The van der Waals surface area contributed by atoms with E-state index < -0.39 is 9.84 Å². The normalized spacial score (nSPS) is 13.4. The molecule has 0 aliphatic heterocycles. The number of nitrogens with two attached hydrogens (primary N) is 1. The number of sulfone groups is 1. The van der Waals surface area contributed by atoms with Crippen molar-refractivity contribution in [3.8, 4) is 5.75 Å². The summed E-state index contributed by atoms with van der Waals surface area (Å²) >= 11 is 0. The molecule has 5 heteroatoms. The Morgan fingerprint density at radius 3 is 2.35 bits per heavy atom. The van der Waals surface area contributed by atoms with Gasteiger partial charge in [-0.05, 0) is 31.0 Å². The summed E-state index contributed by atoms with van der Waals surface area (Å²) in [5.41, 5.74) is 6.84. The van der Waals surface area contributed by atoms with Crippen LogP contribution < -0.4 is 10.5 Å². The zero-order chi connectivity index (χ0) is 12.9. The van der Waals surface area contributed by atoms with Gasteiger partial charge in [0.2, 0.25) is 0 Å². The second kappa shape index (κ2) is 6.02. The zero-order valence-electron chi connectivity index (χ0n) is 10.2. The molecule has 0 aliphatic carbocycles. The third-order valence-corrected chi connectivity index (χ3v) is 3.11. The van der Waals surface area contributed by atoms with Gasteiger partial charge in [0.15, 0.2) is 9.84 Å². The molecule has 0 bridgehead atoms. The molecular formula is C12H19NO3S. The molecule has 0 heterocycles. The van der Waals surface area contributed by atoms with Gasteiger partial charge in [-0.15, -0.1) is 0 Å². The molecule has 1 rings (SSSR count). The van der Waals surface area contributed by atoms with Crippen LogP contribution in [-0.2, 0) is 16.3 Å². The van der Waals surface area contributed by atoms with E-state index in [1.807, 2.05) is 31.2 Å².